The number of carbonyl (C=O) groups is 1. The van der Waals surface area contributed by atoms with E-state index < -0.39 is 0 Å². The molecule has 0 aromatic carbocycles. The minimum Gasteiger partial charge on any atom is -0.449 e. The Hall–Kier alpha value is -1.29. The topological polar surface area (TPSA) is 47.6 Å². The predicted octanol–water partition coefficient (Wildman–Crippen LogP) is 4.71. The molecule has 0 unspecified atom stereocenters. The van der Waals surface area contributed by atoms with Crippen molar-refractivity contribution in [3.63, 3.8) is 0 Å². The van der Waals surface area contributed by atoms with Gasteiger partial charge in [0.25, 0.3) is 0 Å². The van der Waals surface area contributed by atoms with E-state index in [2.05, 4.69) is 51.2 Å². The number of unbranched alkanes of at least 4 members (excludes halogenated alkanes) is 2. The first-order valence-corrected chi connectivity index (χ1v) is 9.79. The second-order valence-electron chi connectivity index (χ2n) is 7.76. The fourth-order valence-corrected chi connectivity index (χ4v) is 4.49. The van der Waals surface area contributed by atoms with Crippen LogP contribution in [0, 0.1) is 23.2 Å². The number of amides is 1. The summed E-state index contributed by atoms with van der Waals surface area (Å²) in [5.74, 6) is 1.10. The van der Waals surface area contributed by atoms with Crippen LogP contribution in [0.1, 0.15) is 53.9 Å². The van der Waals surface area contributed by atoms with Gasteiger partial charge in [-0.2, -0.15) is 0 Å². The van der Waals surface area contributed by atoms with Crippen molar-refractivity contribution < 1.29 is 14.3 Å². The van der Waals surface area contributed by atoms with Gasteiger partial charge in [0, 0.05) is 17.9 Å². The minimum absolute atomic E-state index is 0.125. The van der Waals surface area contributed by atoms with Crippen molar-refractivity contribution in [1.82, 2.24) is 5.32 Å². The third-order valence-electron chi connectivity index (χ3n) is 6.19. The lowest BCUT2D eigenvalue weighted by molar-refractivity contribution is -0.149. The molecule has 0 radical (unpaired) electrons. The Morgan fingerprint density at radius 3 is 2.88 bits per heavy atom. The molecule has 2 bridgehead atoms. The summed E-state index contributed by atoms with van der Waals surface area (Å²) in [5, 5.41) is 2.87. The summed E-state index contributed by atoms with van der Waals surface area (Å²) < 4.78 is 11.8. The Labute approximate surface area is 153 Å². The number of nitrogens with one attached hydrogen (secondary N) is 1. The van der Waals surface area contributed by atoms with Gasteiger partial charge < -0.3 is 14.8 Å². The summed E-state index contributed by atoms with van der Waals surface area (Å²) in [6, 6.07) is 0. The molecular formula is C21H35NO3. The van der Waals surface area contributed by atoms with E-state index in [0.29, 0.717) is 37.5 Å². The molecule has 1 heterocycles. The first-order valence-electron chi connectivity index (χ1n) is 9.79. The van der Waals surface area contributed by atoms with E-state index in [1.54, 1.807) is 0 Å². The molecule has 5 atom stereocenters. The molecule has 4 heteroatoms. The molecule has 0 aromatic heterocycles. The van der Waals surface area contributed by atoms with Crippen LogP contribution in [0.25, 0.3) is 0 Å². The van der Waals surface area contributed by atoms with Gasteiger partial charge in [-0.15, -0.1) is 0 Å². The monoisotopic (exact) mass is 349 g/mol. The zero-order chi connectivity index (χ0) is 18.4. The maximum atomic E-state index is 12.1. The SMILES string of the molecule is C/C=C/[C@@H]1OC[C@@]2(COC(=O)NCCCCC)[C@H](C)[C@H]1C(C)=C[C@@H]2C. The van der Waals surface area contributed by atoms with Crippen molar-refractivity contribution >= 4 is 6.09 Å². The van der Waals surface area contributed by atoms with Crippen LogP contribution >= 0.6 is 0 Å². The molecule has 25 heavy (non-hydrogen) atoms. The molecule has 4 nitrogen and oxygen atoms in total. The lowest BCUT2D eigenvalue weighted by Gasteiger charge is -2.54. The summed E-state index contributed by atoms with van der Waals surface area (Å²) in [7, 11) is 0. The van der Waals surface area contributed by atoms with Crippen molar-refractivity contribution in [2.45, 2.75) is 60.0 Å². The third kappa shape index (κ3) is 4.28. The Kier molecular flexibility index (Phi) is 7.12. The average Bonchev–Trinajstić information content (AvgIpc) is 2.57. The summed E-state index contributed by atoms with van der Waals surface area (Å²) in [5.41, 5.74) is 1.26. The smallest absolute Gasteiger partial charge is 0.407 e. The van der Waals surface area contributed by atoms with Crippen LogP contribution in [-0.2, 0) is 9.47 Å². The second kappa shape index (κ2) is 8.88. The van der Waals surface area contributed by atoms with E-state index in [9.17, 15) is 4.79 Å². The summed E-state index contributed by atoms with van der Waals surface area (Å²) in [4.78, 5) is 12.1. The molecule has 2 aliphatic rings. The molecule has 0 aromatic rings. The Balaban J connectivity index is 2.02. The summed E-state index contributed by atoms with van der Waals surface area (Å²) in [6.07, 6.45) is 9.67. The number of fused-ring (bicyclic) bond motifs is 2. The molecule has 1 N–H and O–H groups in total. The van der Waals surface area contributed by atoms with Crippen molar-refractivity contribution in [3.05, 3.63) is 23.8 Å². The van der Waals surface area contributed by atoms with Gasteiger partial charge in [-0.05, 0) is 32.1 Å². The van der Waals surface area contributed by atoms with Gasteiger partial charge in [0.05, 0.1) is 12.7 Å². The highest BCUT2D eigenvalue weighted by molar-refractivity contribution is 5.67. The molecule has 1 aliphatic heterocycles. The van der Waals surface area contributed by atoms with E-state index in [1.807, 2.05) is 6.92 Å². The number of ether oxygens (including phenoxy) is 2. The lowest BCUT2D eigenvalue weighted by atomic mass is 9.56. The van der Waals surface area contributed by atoms with Crippen LogP contribution in [0.5, 0.6) is 0 Å². The fourth-order valence-electron chi connectivity index (χ4n) is 4.49. The zero-order valence-corrected chi connectivity index (χ0v) is 16.5. The molecule has 0 saturated carbocycles. The molecule has 1 aliphatic carbocycles. The number of allylic oxidation sites excluding steroid dienone is 2. The first kappa shape index (κ1) is 20.0. The van der Waals surface area contributed by atoms with Crippen LogP contribution in [0.3, 0.4) is 0 Å². The van der Waals surface area contributed by atoms with Crippen LogP contribution in [0.15, 0.2) is 23.8 Å². The highest BCUT2D eigenvalue weighted by Crippen LogP contribution is 2.52. The average molecular weight is 350 g/mol. The first-order chi connectivity index (χ1) is 12.0. The normalized spacial score (nSPS) is 34.7. The molecule has 1 saturated heterocycles. The van der Waals surface area contributed by atoms with Gasteiger partial charge in [0.15, 0.2) is 0 Å². The van der Waals surface area contributed by atoms with Gasteiger partial charge in [0.2, 0.25) is 0 Å². The number of hydrogen-bond acceptors (Lipinski definition) is 3. The fraction of sp³-hybridized carbons (Fsp3) is 0.762. The van der Waals surface area contributed by atoms with Crippen molar-refractivity contribution in [2.75, 3.05) is 19.8 Å². The van der Waals surface area contributed by atoms with Crippen LogP contribution < -0.4 is 5.32 Å². The molecule has 142 valence electrons. The molecule has 1 amide bonds. The number of alkyl carbamates (subject to hydrolysis) is 1. The van der Waals surface area contributed by atoms with Crippen LogP contribution in [0.2, 0.25) is 0 Å². The zero-order valence-electron chi connectivity index (χ0n) is 16.5. The van der Waals surface area contributed by atoms with Crippen molar-refractivity contribution in [1.29, 1.82) is 0 Å². The van der Waals surface area contributed by atoms with Crippen LogP contribution in [-0.4, -0.2) is 32.0 Å². The summed E-state index contributed by atoms with van der Waals surface area (Å²) in [6.45, 7) is 12.6. The maximum Gasteiger partial charge on any atom is 0.407 e. The van der Waals surface area contributed by atoms with Gasteiger partial charge in [-0.3, -0.25) is 0 Å². The minimum atomic E-state index is -0.303. The van der Waals surface area contributed by atoms with Gasteiger partial charge >= 0.3 is 6.09 Å². The quantitative estimate of drug-likeness (QED) is 0.535. The van der Waals surface area contributed by atoms with Crippen molar-refractivity contribution in [3.8, 4) is 0 Å². The maximum absolute atomic E-state index is 12.1. The van der Waals surface area contributed by atoms with E-state index in [4.69, 9.17) is 9.47 Å². The summed E-state index contributed by atoms with van der Waals surface area (Å²) >= 11 is 0. The molecule has 0 spiro atoms. The second-order valence-corrected chi connectivity index (χ2v) is 7.76. The van der Waals surface area contributed by atoms with Gasteiger partial charge in [-0.1, -0.05) is 57.4 Å². The van der Waals surface area contributed by atoms with Crippen LogP contribution in [0.4, 0.5) is 4.79 Å². The number of hydrogen-bond donors (Lipinski definition) is 1. The molecule has 2 rings (SSSR count). The van der Waals surface area contributed by atoms with E-state index in [0.717, 1.165) is 19.3 Å². The molecule has 1 fully saturated rings. The highest BCUT2D eigenvalue weighted by Gasteiger charge is 2.53. The largest absolute Gasteiger partial charge is 0.449 e. The Morgan fingerprint density at radius 2 is 2.20 bits per heavy atom. The van der Waals surface area contributed by atoms with Crippen molar-refractivity contribution in [2.24, 2.45) is 23.2 Å². The standard InChI is InChI=1S/C21H35NO3/c1-6-8-9-11-22-20(23)25-14-21-13-24-18(10-7-2)19(17(21)5)15(3)12-16(21)4/h7,10,12,16-19H,6,8-9,11,13-14H2,1-5H3,(H,22,23)/b10-7+/t16-,17+,18-,19+,21-/m0/s1. The van der Waals surface area contributed by atoms with E-state index in [1.165, 1.54) is 5.57 Å². The lowest BCUT2D eigenvalue weighted by Crippen LogP contribution is -2.56. The van der Waals surface area contributed by atoms with Gasteiger partial charge in [-0.25, -0.2) is 4.79 Å². The molecular weight excluding hydrogens is 314 g/mol. The Morgan fingerprint density at radius 1 is 1.44 bits per heavy atom. The third-order valence-corrected chi connectivity index (χ3v) is 6.19. The van der Waals surface area contributed by atoms with Gasteiger partial charge in [0.1, 0.15) is 6.61 Å². The predicted molar refractivity (Wildman–Crippen MR) is 101 cm³/mol. The number of carbonyl (C=O) groups excluding carboxylic acids is 1. The van der Waals surface area contributed by atoms with E-state index in [-0.39, 0.29) is 17.6 Å². The highest BCUT2D eigenvalue weighted by atomic mass is 16.6. The number of rotatable bonds is 7. The van der Waals surface area contributed by atoms with E-state index >= 15 is 0 Å². The Bertz CT molecular complexity index is 513.